The number of aromatic nitrogens is 1. The largest absolute Gasteiger partial charge is 0.388 e. The van der Waals surface area contributed by atoms with E-state index in [-0.39, 0.29) is 11.3 Å². The van der Waals surface area contributed by atoms with Crippen LogP contribution in [-0.2, 0) is 5.41 Å². The highest BCUT2D eigenvalue weighted by molar-refractivity contribution is 7.12. The van der Waals surface area contributed by atoms with Gasteiger partial charge in [0.1, 0.15) is 5.76 Å². The highest BCUT2D eigenvalue weighted by Gasteiger charge is 2.38. The van der Waals surface area contributed by atoms with Crippen molar-refractivity contribution in [1.29, 1.82) is 0 Å². The van der Waals surface area contributed by atoms with Gasteiger partial charge in [0.15, 0.2) is 5.69 Å². The van der Waals surface area contributed by atoms with Crippen molar-refractivity contribution < 1.29 is 14.4 Å². The molecule has 0 aromatic carbocycles. The first-order valence-corrected chi connectivity index (χ1v) is 9.92. The molecule has 2 fully saturated rings. The fourth-order valence-corrected chi connectivity index (χ4v) is 4.91. The minimum atomic E-state index is -0.442. The van der Waals surface area contributed by atoms with Crippen molar-refractivity contribution >= 4 is 17.2 Å². The van der Waals surface area contributed by atoms with Crippen molar-refractivity contribution in [2.75, 3.05) is 6.54 Å². The topological polar surface area (TPSA) is 75.4 Å². The number of nitrogens with zero attached hydrogens (tertiary/aromatic N) is 1. The first-order chi connectivity index (χ1) is 12.1. The number of nitrogens with one attached hydrogen (secondary N) is 1. The van der Waals surface area contributed by atoms with Gasteiger partial charge in [0.05, 0.1) is 6.10 Å². The molecule has 2 aromatic rings. The second-order valence-corrected chi connectivity index (χ2v) is 8.55. The highest BCUT2D eigenvalue weighted by Crippen LogP contribution is 2.44. The molecule has 2 saturated carbocycles. The zero-order valence-electron chi connectivity index (χ0n) is 14.5. The molecule has 0 radical (unpaired) electrons. The Hall–Kier alpha value is -1.66. The normalized spacial score (nSPS) is 20.6. The molecule has 0 saturated heterocycles. The van der Waals surface area contributed by atoms with Crippen LogP contribution in [0.3, 0.4) is 0 Å². The molecule has 1 amide bonds. The number of rotatable bonds is 6. The second kappa shape index (κ2) is 6.57. The van der Waals surface area contributed by atoms with Crippen molar-refractivity contribution in [3.8, 4) is 0 Å². The molecule has 1 atom stereocenters. The number of thiophene rings is 1. The Bertz CT molecular complexity index is 754. The van der Waals surface area contributed by atoms with Gasteiger partial charge in [-0.2, -0.15) is 0 Å². The quantitative estimate of drug-likeness (QED) is 0.819. The lowest BCUT2D eigenvalue weighted by molar-refractivity contribution is 0.0934. The SMILES string of the molecule is CC(O)c1ccc(C2(CNC(=O)c3cc(C4CC4)on3)CCCC2)s1. The third-order valence-electron chi connectivity index (χ3n) is 5.45. The van der Waals surface area contributed by atoms with Crippen molar-refractivity contribution in [2.24, 2.45) is 0 Å². The monoisotopic (exact) mass is 360 g/mol. The summed E-state index contributed by atoms with van der Waals surface area (Å²) in [6.07, 6.45) is 6.30. The third kappa shape index (κ3) is 3.37. The predicted octanol–water partition coefficient (Wildman–Crippen LogP) is 3.91. The van der Waals surface area contributed by atoms with Crippen LogP contribution < -0.4 is 5.32 Å². The molecule has 134 valence electrons. The summed E-state index contributed by atoms with van der Waals surface area (Å²) in [5.74, 6) is 1.13. The van der Waals surface area contributed by atoms with Crippen molar-refractivity contribution in [3.05, 3.63) is 39.4 Å². The van der Waals surface area contributed by atoms with E-state index < -0.39 is 6.10 Å². The number of hydrogen-bond donors (Lipinski definition) is 2. The first kappa shape index (κ1) is 16.8. The van der Waals surface area contributed by atoms with Crippen LogP contribution in [0.4, 0.5) is 0 Å². The Labute approximate surface area is 151 Å². The molecular formula is C19H24N2O3S. The summed E-state index contributed by atoms with van der Waals surface area (Å²) >= 11 is 1.67. The van der Waals surface area contributed by atoms with Gasteiger partial charge >= 0.3 is 0 Å². The van der Waals surface area contributed by atoms with Gasteiger partial charge < -0.3 is 14.9 Å². The third-order valence-corrected chi connectivity index (χ3v) is 6.95. The summed E-state index contributed by atoms with van der Waals surface area (Å²) in [6, 6.07) is 5.91. The van der Waals surface area contributed by atoms with Crippen LogP contribution >= 0.6 is 11.3 Å². The van der Waals surface area contributed by atoms with E-state index >= 15 is 0 Å². The van der Waals surface area contributed by atoms with Crippen molar-refractivity contribution in [2.45, 2.75) is 62.9 Å². The van der Waals surface area contributed by atoms with Gasteiger partial charge in [-0.05, 0) is 44.7 Å². The van der Waals surface area contributed by atoms with E-state index in [1.165, 1.54) is 17.7 Å². The summed E-state index contributed by atoms with van der Waals surface area (Å²) < 4.78 is 5.28. The Kier molecular flexibility index (Phi) is 4.41. The number of carbonyl (C=O) groups is 1. The summed E-state index contributed by atoms with van der Waals surface area (Å²) in [5.41, 5.74) is 0.363. The van der Waals surface area contributed by atoms with Gasteiger partial charge in [-0.3, -0.25) is 4.79 Å². The Morgan fingerprint density at radius 1 is 1.44 bits per heavy atom. The van der Waals surface area contributed by atoms with Gasteiger partial charge in [0.25, 0.3) is 5.91 Å². The summed E-state index contributed by atoms with van der Waals surface area (Å²) in [6.45, 7) is 2.40. The van der Waals surface area contributed by atoms with Crippen molar-refractivity contribution in [3.63, 3.8) is 0 Å². The fraction of sp³-hybridized carbons (Fsp3) is 0.579. The molecule has 25 heavy (non-hydrogen) atoms. The van der Waals surface area contributed by atoms with Crippen LogP contribution in [0.1, 0.15) is 83.5 Å². The Morgan fingerprint density at radius 3 is 2.84 bits per heavy atom. The molecule has 6 heteroatoms. The van der Waals surface area contributed by atoms with Gasteiger partial charge in [-0.15, -0.1) is 11.3 Å². The van der Waals surface area contributed by atoms with Gasteiger partial charge in [-0.1, -0.05) is 18.0 Å². The van der Waals surface area contributed by atoms with Crippen molar-refractivity contribution in [1.82, 2.24) is 10.5 Å². The molecular weight excluding hydrogens is 336 g/mol. The number of aliphatic hydroxyl groups is 1. The molecule has 2 aliphatic carbocycles. The Balaban J connectivity index is 1.46. The number of hydrogen-bond acceptors (Lipinski definition) is 5. The van der Waals surface area contributed by atoms with Gasteiger partial charge in [-0.25, -0.2) is 0 Å². The molecule has 2 heterocycles. The molecule has 5 nitrogen and oxygen atoms in total. The van der Waals surface area contributed by atoms with Crippen LogP contribution in [-0.4, -0.2) is 22.7 Å². The Morgan fingerprint density at radius 2 is 2.20 bits per heavy atom. The molecule has 0 aliphatic heterocycles. The smallest absolute Gasteiger partial charge is 0.273 e. The van der Waals surface area contributed by atoms with Gasteiger partial charge in [0, 0.05) is 33.7 Å². The number of carbonyl (C=O) groups excluding carboxylic acids is 1. The lowest BCUT2D eigenvalue weighted by atomic mass is 9.84. The summed E-state index contributed by atoms with van der Waals surface area (Å²) in [7, 11) is 0. The molecule has 0 bridgehead atoms. The highest BCUT2D eigenvalue weighted by atomic mass is 32.1. The maximum Gasteiger partial charge on any atom is 0.273 e. The van der Waals surface area contributed by atoms with Crippen LogP contribution in [0.2, 0.25) is 0 Å². The molecule has 2 N–H and O–H groups in total. The molecule has 0 spiro atoms. The zero-order chi connectivity index (χ0) is 17.4. The van der Waals surface area contributed by atoms with E-state index in [0.717, 1.165) is 36.3 Å². The van der Waals surface area contributed by atoms with E-state index in [1.807, 2.05) is 6.07 Å². The lowest BCUT2D eigenvalue weighted by Crippen LogP contribution is -2.38. The minimum absolute atomic E-state index is 0.0173. The molecule has 2 aliphatic rings. The summed E-state index contributed by atoms with van der Waals surface area (Å²) in [5, 5.41) is 16.8. The minimum Gasteiger partial charge on any atom is -0.388 e. The average Bonchev–Trinajstić information content (AvgIpc) is 3.06. The molecule has 2 aromatic heterocycles. The predicted molar refractivity (Wildman–Crippen MR) is 95.9 cm³/mol. The van der Waals surface area contributed by atoms with Crippen LogP contribution in [0.5, 0.6) is 0 Å². The number of amides is 1. The fourth-order valence-electron chi connectivity index (χ4n) is 3.72. The maximum absolute atomic E-state index is 12.5. The van der Waals surface area contributed by atoms with E-state index in [0.29, 0.717) is 18.2 Å². The summed E-state index contributed by atoms with van der Waals surface area (Å²) in [4.78, 5) is 14.7. The van der Waals surface area contributed by atoms with Crippen LogP contribution in [0, 0.1) is 0 Å². The van der Waals surface area contributed by atoms with E-state index in [2.05, 4.69) is 16.5 Å². The lowest BCUT2D eigenvalue weighted by Gasteiger charge is -2.28. The zero-order valence-corrected chi connectivity index (χ0v) is 15.3. The average molecular weight is 360 g/mol. The maximum atomic E-state index is 12.5. The first-order valence-electron chi connectivity index (χ1n) is 9.10. The second-order valence-electron chi connectivity index (χ2n) is 7.44. The van der Waals surface area contributed by atoms with Gasteiger partial charge in [0.2, 0.25) is 0 Å². The van der Waals surface area contributed by atoms with Crippen LogP contribution in [0.15, 0.2) is 22.7 Å². The van der Waals surface area contributed by atoms with Crippen LogP contribution in [0.25, 0.3) is 0 Å². The molecule has 4 rings (SSSR count). The van der Waals surface area contributed by atoms with E-state index in [4.69, 9.17) is 4.52 Å². The standard InChI is InChI=1S/C19H24N2O3S/c1-12(22)16-6-7-17(25-16)19(8-2-3-9-19)11-20-18(23)14-10-15(24-21-14)13-4-5-13/h6-7,10,12-13,22H,2-5,8-9,11H2,1H3,(H,20,23). The number of aliphatic hydroxyl groups excluding tert-OH is 1. The molecule has 1 unspecified atom stereocenters. The van der Waals surface area contributed by atoms with E-state index in [9.17, 15) is 9.90 Å². The van der Waals surface area contributed by atoms with E-state index in [1.54, 1.807) is 24.3 Å².